The van der Waals surface area contributed by atoms with Crippen LogP contribution in [0.15, 0.2) is 18.2 Å². The van der Waals surface area contributed by atoms with Crippen LogP contribution >= 0.6 is 12.2 Å². The van der Waals surface area contributed by atoms with Gasteiger partial charge in [-0.2, -0.15) is 5.10 Å². The summed E-state index contributed by atoms with van der Waals surface area (Å²) in [6.45, 7) is 2.26. The summed E-state index contributed by atoms with van der Waals surface area (Å²) >= 11 is 5.36. The minimum Gasteiger partial charge on any atom is -0.495 e. The molecule has 4 nitrogen and oxygen atoms in total. The number of halogens is 1. The Morgan fingerprint density at radius 3 is 2.21 bits per heavy atom. The second-order valence-electron chi connectivity index (χ2n) is 7.38. The van der Waals surface area contributed by atoms with Crippen molar-refractivity contribution in [2.75, 3.05) is 7.11 Å². The van der Waals surface area contributed by atoms with Crippen LogP contribution < -0.4 is 4.74 Å². The molecule has 156 valence electrons. The molecule has 2 rings (SSSR count). The number of methoxy groups -OCH3 is 1. The fraction of sp³-hybridized carbons (Fsp3) is 0.636. The predicted molar refractivity (Wildman–Crippen MR) is 115 cm³/mol. The van der Waals surface area contributed by atoms with Crippen LogP contribution in [-0.2, 0) is 6.42 Å². The summed E-state index contributed by atoms with van der Waals surface area (Å²) in [5.74, 6) is 1.09. The molecule has 0 fully saturated rings. The Kier molecular flexibility index (Phi) is 10.3. The Balaban J connectivity index is 1.76. The molecule has 0 radical (unpaired) electrons. The monoisotopic (exact) mass is 407 g/mol. The van der Waals surface area contributed by atoms with Crippen molar-refractivity contribution in [1.29, 1.82) is 0 Å². The van der Waals surface area contributed by atoms with Gasteiger partial charge >= 0.3 is 0 Å². The van der Waals surface area contributed by atoms with Crippen molar-refractivity contribution < 1.29 is 9.13 Å². The number of hydrogen-bond donors (Lipinski definition) is 1. The molecule has 0 saturated heterocycles. The van der Waals surface area contributed by atoms with E-state index in [0.29, 0.717) is 16.2 Å². The average molecular weight is 408 g/mol. The van der Waals surface area contributed by atoms with Crippen LogP contribution in [0, 0.1) is 10.6 Å². The van der Waals surface area contributed by atoms with Gasteiger partial charge in [0.1, 0.15) is 17.4 Å². The third kappa shape index (κ3) is 7.04. The molecule has 1 heterocycles. The Labute approximate surface area is 173 Å². The van der Waals surface area contributed by atoms with Crippen LogP contribution in [0.2, 0.25) is 0 Å². The van der Waals surface area contributed by atoms with E-state index < -0.39 is 0 Å². The third-order valence-corrected chi connectivity index (χ3v) is 5.40. The van der Waals surface area contributed by atoms with E-state index in [9.17, 15) is 4.39 Å². The summed E-state index contributed by atoms with van der Waals surface area (Å²) < 4.78 is 21.4. The van der Waals surface area contributed by atoms with E-state index in [0.717, 1.165) is 18.7 Å². The molecule has 28 heavy (non-hydrogen) atoms. The molecular weight excluding hydrogens is 373 g/mol. The number of benzene rings is 1. The zero-order valence-corrected chi connectivity index (χ0v) is 18.1. The molecule has 1 aromatic heterocycles. The molecule has 0 bridgehead atoms. The van der Waals surface area contributed by atoms with Gasteiger partial charge in [-0.05, 0) is 30.8 Å². The number of nitrogens with zero attached hydrogens (tertiary/aromatic N) is 2. The first-order valence-corrected chi connectivity index (χ1v) is 11.1. The van der Waals surface area contributed by atoms with Crippen molar-refractivity contribution in [3.63, 3.8) is 0 Å². The van der Waals surface area contributed by atoms with Crippen molar-refractivity contribution in [2.45, 2.75) is 84.0 Å². The van der Waals surface area contributed by atoms with Crippen LogP contribution in [0.25, 0.3) is 5.69 Å². The molecule has 1 aromatic carbocycles. The van der Waals surface area contributed by atoms with E-state index in [4.69, 9.17) is 17.0 Å². The van der Waals surface area contributed by atoms with Crippen LogP contribution in [0.1, 0.15) is 83.4 Å². The second kappa shape index (κ2) is 12.7. The lowest BCUT2D eigenvalue weighted by molar-refractivity contribution is 0.411. The number of aromatic nitrogens is 3. The largest absolute Gasteiger partial charge is 0.495 e. The molecule has 6 heteroatoms. The first-order chi connectivity index (χ1) is 13.7. The Morgan fingerprint density at radius 1 is 1.00 bits per heavy atom. The average Bonchev–Trinajstić information content (AvgIpc) is 3.06. The predicted octanol–water partition coefficient (Wildman–Crippen LogP) is 6.93. The van der Waals surface area contributed by atoms with Crippen LogP contribution in [0.3, 0.4) is 0 Å². The van der Waals surface area contributed by atoms with Crippen LogP contribution in [0.4, 0.5) is 4.39 Å². The highest BCUT2D eigenvalue weighted by Crippen LogP contribution is 2.25. The van der Waals surface area contributed by atoms with Gasteiger partial charge in [0, 0.05) is 12.5 Å². The molecule has 1 N–H and O–H groups in total. The lowest BCUT2D eigenvalue weighted by Crippen LogP contribution is -2.04. The first kappa shape index (κ1) is 22.6. The topological polar surface area (TPSA) is 42.8 Å². The van der Waals surface area contributed by atoms with Gasteiger partial charge in [0.2, 0.25) is 0 Å². The van der Waals surface area contributed by atoms with Gasteiger partial charge in [-0.3, -0.25) is 9.67 Å². The van der Waals surface area contributed by atoms with E-state index in [1.165, 1.54) is 76.3 Å². The van der Waals surface area contributed by atoms with Crippen molar-refractivity contribution >= 4 is 12.2 Å². The van der Waals surface area contributed by atoms with Gasteiger partial charge in [-0.25, -0.2) is 4.39 Å². The Bertz CT molecular complexity index is 756. The molecule has 0 unspecified atom stereocenters. The van der Waals surface area contributed by atoms with E-state index >= 15 is 0 Å². The molecule has 0 atom stereocenters. The Morgan fingerprint density at radius 2 is 1.61 bits per heavy atom. The number of nitrogens with one attached hydrogen (secondary N) is 1. The molecule has 0 aliphatic carbocycles. The number of unbranched alkanes of at least 4 members (excludes halogenated alkanes) is 10. The standard InChI is InChI=1S/C22H34FN3OS/c1-3-4-5-6-7-8-9-10-11-12-13-14-21-24-25-22(28)26(21)19-17-18(23)15-16-20(19)27-2/h15-17H,3-14H2,1-2H3,(H,25,28). The maximum atomic E-state index is 13.7. The van der Waals surface area contributed by atoms with Gasteiger partial charge in [0.25, 0.3) is 0 Å². The first-order valence-electron chi connectivity index (χ1n) is 10.7. The fourth-order valence-corrected chi connectivity index (χ4v) is 3.78. The number of aryl methyl sites for hydroxylation is 1. The van der Waals surface area contributed by atoms with Gasteiger partial charge in [0.15, 0.2) is 4.77 Å². The van der Waals surface area contributed by atoms with E-state index in [-0.39, 0.29) is 5.82 Å². The second-order valence-corrected chi connectivity index (χ2v) is 7.77. The molecule has 0 amide bonds. The van der Waals surface area contributed by atoms with Crippen molar-refractivity contribution in [1.82, 2.24) is 14.8 Å². The smallest absolute Gasteiger partial charge is 0.199 e. The summed E-state index contributed by atoms with van der Waals surface area (Å²) in [6, 6.07) is 4.44. The summed E-state index contributed by atoms with van der Waals surface area (Å²) in [5.41, 5.74) is 0.597. The minimum atomic E-state index is -0.320. The maximum Gasteiger partial charge on any atom is 0.199 e. The van der Waals surface area contributed by atoms with Gasteiger partial charge in [0.05, 0.1) is 12.8 Å². The number of ether oxygens (including phenoxy) is 1. The van der Waals surface area contributed by atoms with Crippen molar-refractivity contribution in [3.05, 3.63) is 34.6 Å². The van der Waals surface area contributed by atoms with Gasteiger partial charge in [-0.1, -0.05) is 71.1 Å². The molecule has 0 spiro atoms. The number of hydrogen-bond acceptors (Lipinski definition) is 3. The van der Waals surface area contributed by atoms with Gasteiger partial charge < -0.3 is 4.74 Å². The van der Waals surface area contributed by atoms with Crippen molar-refractivity contribution in [3.8, 4) is 11.4 Å². The maximum absolute atomic E-state index is 13.7. The molecule has 0 saturated carbocycles. The summed E-state index contributed by atoms with van der Waals surface area (Å²) in [4.78, 5) is 0. The summed E-state index contributed by atoms with van der Waals surface area (Å²) in [7, 11) is 1.57. The normalized spacial score (nSPS) is 11.1. The highest BCUT2D eigenvalue weighted by molar-refractivity contribution is 7.71. The zero-order chi connectivity index (χ0) is 20.2. The minimum absolute atomic E-state index is 0.320. The van der Waals surface area contributed by atoms with Crippen molar-refractivity contribution in [2.24, 2.45) is 0 Å². The lowest BCUT2D eigenvalue weighted by atomic mass is 10.1. The molecule has 0 aliphatic rings. The quantitative estimate of drug-likeness (QED) is 0.273. The number of aromatic amines is 1. The van der Waals surface area contributed by atoms with E-state index in [1.807, 2.05) is 0 Å². The molecule has 0 aliphatic heterocycles. The molecule has 2 aromatic rings. The lowest BCUT2D eigenvalue weighted by Gasteiger charge is -2.11. The summed E-state index contributed by atoms with van der Waals surface area (Å²) in [5, 5.41) is 7.18. The SMILES string of the molecule is CCCCCCCCCCCCCc1n[nH]c(=S)n1-c1cc(F)ccc1OC. The Hall–Kier alpha value is -1.69. The summed E-state index contributed by atoms with van der Waals surface area (Å²) in [6.07, 6.45) is 15.1. The van der Waals surface area contributed by atoms with Crippen LogP contribution in [0.5, 0.6) is 5.75 Å². The highest BCUT2D eigenvalue weighted by atomic mass is 32.1. The van der Waals surface area contributed by atoms with E-state index in [1.54, 1.807) is 17.7 Å². The third-order valence-electron chi connectivity index (χ3n) is 5.13. The van der Waals surface area contributed by atoms with E-state index in [2.05, 4.69) is 17.1 Å². The zero-order valence-electron chi connectivity index (χ0n) is 17.3. The van der Waals surface area contributed by atoms with Crippen LogP contribution in [-0.4, -0.2) is 21.9 Å². The van der Waals surface area contributed by atoms with Gasteiger partial charge in [-0.15, -0.1) is 0 Å². The number of H-pyrrole nitrogens is 1. The fourth-order valence-electron chi connectivity index (χ4n) is 3.53. The number of rotatable bonds is 14. The highest BCUT2D eigenvalue weighted by Gasteiger charge is 2.13. The molecular formula is C22H34FN3OS.